The molecule has 2 N–H and O–H groups in total. The van der Waals surface area contributed by atoms with Gasteiger partial charge in [-0.3, -0.25) is 14.4 Å². The van der Waals surface area contributed by atoms with E-state index in [0.717, 1.165) is 10.4 Å². The van der Waals surface area contributed by atoms with Crippen LogP contribution in [0, 0.1) is 0 Å². The molecule has 2 aliphatic rings. The first-order valence-corrected chi connectivity index (χ1v) is 11.2. The summed E-state index contributed by atoms with van der Waals surface area (Å²) in [4.78, 5) is 43.2. The van der Waals surface area contributed by atoms with Gasteiger partial charge < -0.3 is 20.2 Å². The zero-order valence-corrected chi connectivity index (χ0v) is 17.9. The predicted molar refractivity (Wildman–Crippen MR) is 121 cm³/mol. The van der Waals surface area contributed by atoms with Gasteiger partial charge in [0.2, 0.25) is 5.91 Å². The summed E-state index contributed by atoms with van der Waals surface area (Å²) in [5.74, 6) is -1.05. The van der Waals surface area contributed by atoms with Crippen LogP contribution >= 0.6 is 11.3 Å². The fraction of sp³-hybridized carbons (Fsp3) is 0.208. The lowest BCUT2D eigenvalue weighted by atomic mass is 10.0. The lowest BCUT2D eigenvalue weighted by molar-refractivity contribution is -0.144. The van der Waals surface area contributed by atoms with Crippen LogP contribution in [0.4, 0.5) is 5.69 Å². The van der Waals surface area contributed by atoms with Gasteiger partial charge in [0.15, 0.2) is 6.10 Å². The molecule has 3 amide bonds. The van der Waals surface area contributed by atoms with E-state index in [1.165, 1.54) is 9.80 Å². The molecular weight excluding hydrogens is 426 g/mol. The Bertz CT molecular complexity index is 1180. The molecule has 3 aromatic rings. The van der Waals surface area contributed by atoms with Crippen LogP contribution in [0.1, 0.15) is 22.0 Å². The number of rotatable bonds is 3. The second kappa shape index (κ2) is 8.22. The summed E-state index contributed by atoms with van der Waals surface area (Å²) in [7, 11) is 0. The minimum absolute atomic E-state index is 0.0338. The lowest BCUT2D eigenvalue weighted by Crippen LogP contribution is -2.60. The van der Waals surface area contributed by atoms with E-state index in [0.29, 0.717) is 16.8 Å². The van der Waals surface area contributed by atoms with Crippen molar-refractivity contribution in [1.82, 2.24) is 9.80 Å². The van der Waals surface area contributed by atoms with E-state index in [1.807, 2.05) is 35.7 Å². The van der Waals surface area contributed by atoms with E-state index in [-0.39, 0.29) is 31.4 Å². The Morgan fingerprint density at radius 2 is 1.88 bits per heavy atom. The third-order valence-corrected chi connectivity index (χ3v) is 6.84. The SMILES string of the molecule is O=C1Nc2ccc(-c3cccs3)cc2C(=O)N2CCN(C(=O)C(O)c3ccccc3)CC12. The first kappa shape index (κ1) is 20.4. The Morgan fingerprint density at radius 1 is 1.06 bits per heavy atom. The van der Waals surface area contributed by atoms with E-state index < -0.39 is 18.1 Å². The molecule has 2 aliphatic heterocycles. The first-order valence-electron chi connectivity index (χ1n) is 10.3. The molecule has 3 heterocycles. The average molecular weight is 448 g/mol. The number of anilines is 1. The second-order valence-electron chi connectivity index (χ2n) is 7.84. The number of amides is 3. The molecule has 5 rings (SSSR count). The van der Waals surface area contributed by atoms with Crippen LogP contribution in [0.3, 0.4) is 0 Å². The largest absolute Gasteiger partial charge is 0.378 e. The molecule has 2 unspecified atom stereocenters. The standard InChI is InChI=1S/C24H21N3O4S/c28-21(15-5-2-1-3-6-15)24(31)26-10-11-27-19(14-26)22(29)25-18-9-8-16(13-17(18)23(27)30)20-7-4-12-32-20/h1-9,12-13,19,21,28H,10-11,14H2,(H,25,29). The molecule has 8 heteroatoms. The zero-order valence-electron chi connectivity index (χ0n) is 17.1. The second-order valence-corrected chi connectivity index (χ2v) is 8.79. The normalized spacial score (nSPS) is 19.0. The van der Waals surface area contributed by atoms with Crippen LogP contribution in [0.5, 0.6) is 0 Å². The number of benzene rings is 2. The Kier molecular flexibility index (Phi) is 5.24. The quantitative estimate of drug-likeness (QED) is 0.646. The number of hydrogen-bond acceptors (Lipinski definition) is 5. The average Bonchev–Trinajstić information content (AvgIpc) is 3.35. The van der Waals surface area contributed by atoms with E-state index in [4.69, 9.17) is 0 Å². The highest BCUT2D eigenvalue weighted by Gasteiger charge is 2.41. The number of nitrogens with zero attached hydrogens (tertiary/aromatic N) is 2. The van der Waals surface area contributed by atoms with Crippen LogP contribution in [0.15, 0.2) is 66.0 Å². The maximum Gasteiger partial charge on any atom is 0.256 e. The minimum Gasteiger partial charge on any atom is -0.378 e. The van der Waals surface area contributed by atoms with Crippen molar-refractivity contribution in [2.24, 2.45) is 0 Å². The number of carbonyl (C=O) groups excluding carboxylic acids is 3. The molecular formula is C24H21N3O4S. The van der Waals surface area contributed by atoms with Gasteiger partial charge in [-0.15, -0.1) is 11.3 Å². The van der Waals surface area contributed by atoms with Gasteiger partial charge in [-0.2, -0.15) is 0 Å². The van der Waals surface area contributed by atoms with Crippen LogP contribution < -0.4 is 5.32 Å². The Labute approximate surface area is 188 Å². The topological polar surface area (TPSA) is 90.0 Å². The van der Waals surface area contributed by atoms with Crippen molar-refractivity contribution >= 4 is 34.7 Å². The maximum absolute atomic E-state index is 13.4. The molecule has 0 aliphatic carbocycles. The minimum atomic E-state index is -1.31. The first-order chi connectivity index (χ1) is 15.5. The summed E-state index contributed by atoms with van der Waals surface area (Å²) < 4.78 is 0. The number of hydrogen-bond donors (Lipinski definition) is 2. The van der Waals surface area contributed by atoms with Crippen LogP contribution in [-0.4, -0.2) is 58.3 Å². The van der Waals surface area contributed by atoms with Crippen LogP contribution in [0.2, 0.25) is 0 Å². The molecule has 2 aromatic carbocycles. The molecule has 1 fully saturated rings. The molecule has 0 bridgehead atoms. The van der Waals surface area contributed by atoms with Crippen molar-refractivity contribution in [3.05, 3.63) is 77.2 Å². The van der Waals surface area contributed by atoms with E-state index in [9.17, 15) is 19.5 Å². The van der Waals surface area contributed by atoms with Crippen molar-refractivity contribution < 1.29 is 19.5 Å². The highest BCUT2D eigenvalue weighted by molar-refractivity contribution is 7.13. The Balaban J connectivity index is 1.39. The molecule has 162 valence electrons. The number of aliphatic hydroxyl groups is 1. The van der Waals surface area contributed by atoms with Gasteiger partial charge in [0.25, 0.3) is 11.8 Å². The van der Waals surface area contributed by atoms with Crippen LogP contribution in [0.25, 0.3) is 10.4 Å². The summed E-state index contributed by atoms with van der Waals surface area (Å²) in [6, 6.07) is 17.2. The Morgan fingerprint density at radius 3 is 2.62 bits per heavy atom. The lowest BCUT2D eigenvalue weighted by Gasteiger charge is -2.40. The number of nitrogens with one attached hydrogen (secondary N) is 1. The van der Waals surface area contributed by atoms with Crippen molar-refractivity contribution in [2.75, 3.05) is 25.0 Å². The van der Waals surface area contributed by atoms with E-state index >= 15 is 0 Å². The molecule has 0 saturated carbocycles. The molecule has 0 radical (unpaired) electrons. The number of carbonyl (C=O) groups is 3. The highest BCUT2D eigenvalue weighted by atomic mass is 32.1. The highest BCUT2D eigenvalue weighted by Crippen LogP contribution is 2.32. The van der Waals surface area contributed by atoms with E-state index in [2.05, 4.69) is 5.32 Å². The molecule has 2 atom stereocenters. The summed E-state index contributed by atoms with van der Waals surface area (Å²) in [6.45, 7) is 0.497. The zero-order chi connectivity index (χ0) is 22.2. The van der Waals surface area contributed by atoms with Gasteiger partial charge in [0.1, 0.15) is 6.04 Å². The molecule has 7 nitrogen and oxygen atoms in total. The summed E-state index contributed by atoms with van der Waals surface area (Å²) in [6.07, 6.45) is -1.31. The van der Waals surface area contributed by atoms with Gasteiger partial charge in [0.05, 0.1) is 17.8 Å². The fourth-order valence-corrected chi connectivity index (χ4v) is 4.92. The van der Waals surface area contributed by atoms with E-state index in [1.54, 1.807) is 41.7 Å². The third kappa shape index (κ3) is 3.57. The molecule has 1 aromatic heterocycles. The smallest absolute Gasteiger partial charge is 0.256 e. The third-order valence-electron chi connectivity index (χ3n) is 5.92. The van der Waals surface area contributed by atoms with Gasteiger partial charge >= 0.3 is 0 Å². The molecule has 0 spiro atoms. The van der Waals surface area contributed by atoms with Crippen molar-refractivity contribution in [3.8, 4) is 10.4 Å². The fourth-order valence-electron chi connectivity index (χ4n) is 4.20. The summed E-state index contributed by atoms with van der Waals surface area (Å²) in [5, 5.41) is 15.3. The number of aliphatic hydroxyl groups excluding tert-OH is 1. The number of fused-ring (bicyclic) bond motifs is 2. The summed E-state index contributed by atoms with van der Waals surface area (Å²) >= 11 is 1.58. The van der Waals surface area contributed by atoms with Gasteiger partial charge in [-0.25, -0.2) is 0 Å². The van der Waals surface area contributed by atoms with Crippen molar-refractivity contribution in [2.45, 2.75) is 12.1 Å². The monoisotopic (exact) mass is 447 g/mol. The summed E-state index contributed by atoms with van der Waals surface area (Å²) in [5.41, 5.74) is 2.32. The molecule has 1 saturated heterocycles. The van der Waals surface area contributed by atoms with Gasteiger partial charge in [0, 0.05) is 18.0 Å². The Hall–Kier alpha value is -3.49. The van der Waals surface area contributed by atoms with Gasteiger partial charge in [-0.05, 0) is 34.7 Å². The van der Waals surface area contributed by atoms with Crippen molar-refractivity contribution in [3.63, 3.8) is 0 Å². The molecule has 32 heavy (non-hydrogen) atoms. The van der Waals surface area contributed by atoms with Gasteiger partial charge in [-0.1, -0.05) is 42.5 Å². The predicted octanol–water partition coefficient (Wildman–Crippen LogP) is 2.75. The van der Waals surface area contributed by atoms with Crippen molar-refractivity contribution in [1.29, 1.82) is 0 Å². The van der Waals surface area contributed by atoms with Crippen LogP contribution in [-0.2, 0) is 9.59 Å². The number of piperazine rings is 1. The maximum atomic E-state index is 13.4. The number of thiophene rings is 1.